The van der Waals surface area contributed by atoms with Crippen molar-refractivity contribution in [2.45, 2.75) is 39.5 Å². The van der Waals surface area contributed by atoms with Crippen molar-refractivity contribution in [3.63, 3.8) is 0 Å². The van der Waals surface area contributed by atoms with Crippen LogP contribution in [0.1, 0.15) is 43.7 Å². The van der Waals surface area contributed by atoms with Gasteiger partial charge < -0.3 is 10.1 Å². The number of carbonyl (C=O) groups excluding carboxylic acids is 1. The van der Waals surface area contributed by atoms with Crippen molar-refractivity contribution in [1.82, 2.24) is 0 Å². The molecule has 0 saturated carbocycles. The molecule has 2 aromatic rings. The molecule has 1 N–H and O–H groups in total. The van der Waals surface area contributed by atoms with Gasteiger partial charge in [0.1, 0.15) is 5.75 Å². The van der Waals surface area contributed by atoms with E-state index < -0.39 is 4.92 Å². The number of aryl methyl sites for hydroxylation is 1. The monoisotopic (exact) mass is 434 g/mol. The van der Waals surface area contributed by atoms with Crippen LogP contribution in [0.25, 0.3) is 0 Å². The van der Waals surface area contributed by atoms with Gasteiger partial charge in [-0.25, -0.2) is 0 Å². The fraction of sp³-hybridized carbons (Fsp3) is 0.350. The zero-order valence-corrected chi connectivity index (χ0v) is 17.2. The van der Waals surface area contributed by atoms with Gasteiger partial charge >= 0.3 is 0 Å². The molecule has 2 aromatic carbocycles. The number of nitrogens with one attached hydrogen (secondary N) is 1. The lowest BCUT2D eigenvalue weighted by molar-refractivity contribution is -0.384. The lowest BCUT2D eigenvalue weighted by Gasteiger charge is -2.12. The Hall–Kier alpha value is -2.41. The highest BCUT2D eigenvalue weighted by Crippen LogP contribution is 2.27. The number of non-ortho nitro benzene ring substituents is 1. The first-order chi connectivity index (χ1) is 12.8. The number of nitrogens with zero attached hydrogens (tertiary/aromatic N) is 1. The third-order valence-electron chi connectivity index (χ3n) is 4.12. The number of nitro groups is 1. The fourth-order valence-electron chi connectivity index (χ4n) is 2.74. The molecule has 0 atom stereocenters. The molecule has 144 valence electrons. The Morgan fingerprint density at radius 2 is 2.00 bits per heavy atom. The van der Waals surface area contributed by atoms with Gasteiger partial charge in [0.05, 0.1) is 17.2 Å². The first kappa shape index (κ1) is 20.9. The highest BCUT2D eigenvalue weighted by molar-refractivity contribution is 9.10. The normalized spacial score (nSPS) is 10.7. The van der Waals surface area contributed by atoms with Gasteiger partial charge in [0.2, 0.25) is 5.91 Å². The summed E-state index contributed by atoms with van der Waals surface area (Å²) in [5, 5.41) is 13.5. The van der Waals surface area contributed by atoms with E-state index in [1.807, 2.05) is 12.1 Å². The molecule has 0 spiro atoms. The highest BCUT2D eigenvalue weighted by Gasteiger charge is 2.11. The van der Waals surface area contributed by atoms with E-state index >= 15 is 0 Å². The Balaban J connectivity index is 1.80. The Morgan fingerprint density at radius 3 is 2.59 bits per heavy atom. The summed E-state index contributed by atoms with van der Waals surface area (Å²) in [6.45, 7) is 6.82. The molecular weight excluding hydrogens is 412 g/mol. The maximum Gasteiger partial charge on any atom is 0.270 e. The minimum absolute atomic E-state index is 0.0351. The molecule has 0 fully saturated rings. The van der Waals surface area contributed by atoms with E-state index in [4.69, 9.17) is 4.74 Å². The van der Waals surface area contributed by atoms with Gasteiger partial charge in [0.15, 0.2) is 0 Å². The summed E-state index contributed by atoms with van der Waals surface area (Å²) in [5.74, 6) is 1.11. The number of rotatable bonds is 8. The fourth-order valence-corrected chi connectivity index (χ4v) is 3.21. The minimum Gasteiger partial charge on any atom is -0.494 e. The first-order valence-corrected chi connectivity index (χ1v) is 9.54. The van der Waals surface area contributed by atoms with Crippen LogP contribution in [0.15, 0.2) is 40.9 Å². The van der Waals surface area contributed by atoms with Gasteiger partial charge in [-0.3, -0.25) is 14.9 Å². The van der Waals surface area contributed by atoms with Crippen LogP contribution in [0, 0.1) is 17.0 Å². The highest BCUT2D eigenvalue weighted by atomic mass is 79.9. The van der Waals surface area contributed by atoms with Crippen LogP contribution in [0.5, 0.6) is 5.75 Å². The largest absolute Gasteiger partial charge is 0.494 e. The van der Waals surface area contributed by atoms with Gasteiger partial charge in [-0.05, 0) is 64.5 Å². The standard InChI is InChI=1S/C20H23BrN2O4/c1-13(2)17-8-7-16(11-14(17)3)27-10-4-5-20(24)22-19-9-6-15(23(25)26)12-18(19)21/h6-9,11-13H,4-5,10H2,1-3H3,(H,22,24). The smallest absolute Gasteiger partial charge is 0.270 e. The number of carbonyl (C=O) groups is 1. The Morgan fingerprint density at radius 1 is 1.26 bits per heavy atom. The van der Waals surface area contributed by atoms with E-state index in [0.29, 0.717) is 35.5 Å². The van der Waals surface area contributed by atoms with Crippen LogP contribution in [-0.2, 0) is 4.79 Å². The van der Waals surface area contributed by atoms with E-state index in [0.717, 1.165) is 5.75 Å². The lowest BCUT2D eigenvalue weighted by atomic mass is 9.98. The average Bonchev–Trinajstić information content (AvgIpc) is 2.60. The van der Waals surface area contributed by atoms with Gasteiger partial charge in [0.25, 0.3) is 5.69 Å². The van der Waals surface area contributed by atoms with Crippen LogP contribution in [0.2, 0.25) is 0 Å². The third-order valence-corrected chi connectivity index (χ3v) is 4.77. The molecular formula is C20H23BrN2O4. The molecule has 7 heteroatoms. The molecule has 0 aliphatic heterocycles. The predicted molar refractivity (Wildman–Crippen MR) is 109 cm³/mol. The van der Waals surface area contributed by atoms with Crippen molar-refractivity contribution in [3.8, 4) is 5.75 Å². The molecule has 0 aliphatic carbocycles. The second-order valence-electron chi connectivity index (χ2n) is 6.59. The number of benzene rings is 2. The van der Waals surface area contributed by atoms with Crippen molar-refractivity contribution < 1.29 is 14.5 Å². The quantitative estimate of drug-likeness (QED) is 0.333. The van der Waals surface area contributed by atoms with E-state index in [1.165, 1.54) is 29.3 Å². The molecule has 0 unspecified atom stereocenters. The number of hydrogen-bond acceptors (Lipinski definition) is 4. The number of hydrogen-bond donors (Lipinski definition) is 1. The molecule has 0 aromatic heterocycles. The third kappa shape index (κ3) is 6.06. The zero-order valence-electron chi connectivity index (χ0n) is 15.6. The van der Waals surface area contributed by atoms with E-state index in [2.05, 4.69) is 48.1 Å². The summed E-state index contributed by atoms with van der Waals surface area (Å²) >= 11 is 3.24. The maximum absolute atomic E-state index is 12.0. The molecule has 0 aliphatic rings. The van der Waals surface area contributed by atoms with Gasteiger partial charge in [0, 0.05) is 23.0 Å². The summed E-state index contributed by atoms with van der Waals surface area (Å²) in [6, 6.07) is 10.3. The van der Waals surface area contributed by atoms with E-state index in [-0.39, 0.29) is 11.6 Å². The summed E-state index contributed by atoms with van der Waals surface area (Å²) in [7, 11) is 0. The van der Waals surface area contributed by atoms with Gasteiger partial charge in [-0.15, -0.1) is 0 Å². The summed E-state index contributed by atoms with van der Waals surface area (Å²) in [4.78, 5) is 22.3. The lowest BCUT2D eigenvalue weighted by Crippen LogP contribution is -2.13. The SMILES string of the molecule is Cc1cc(OCCCC(=O)Nc2ccc([N+](=O)[O-])cc2Br)ccc1C(C)C. The summed E-state index contributed by atoms with van der Waals surface area (Å²) in [6.07, 6.45) is 0.869. The Labute approximate surface area is 167 Å². The number of amides is 1. The first-order valence-electron chi connectivity index (χ1n) is 8.75. The molecule has 6 nitrogen and oxygen atoms in total. The molecule has 0 heterocycles. The number of nitro benzene ring substituents is 1. The van der Waals surface area contributed by atoms with Gasteiger partial charge in [-0.1, -0.05) is 19.9 Å². The summed E-state index contributed by atoms with van der Waals surface area (Å²) < 4.78 is 6.20. The summed E-state index contributed by atoms with van der Waals surface area (Å²) in [5.41, 5.74) is 2.97. The zero-order chi connectivity index (χ0) is 20.0. The van der Waals surface area contributed by atoms with Crippen LogP contribution in [0.3, 0.4) is 0 Å². The molecule has 1 amide bonds. The van der Waals surface area contributed by atoms with Crippen LogP contribution < -0.4 is 10.1 Å². The maximum atomic E-state index is 12.0. The predicted octanol–water partition coefficient (Wildman–Crippen LogP) is 5.59. The van der Waals surface area contributed by atoms with E-state index in [1.54, 1.807) is 0 Å². The number of halogens is 1. The number of ether oxygens (including phenoxy) is 1. The van der Waals surface area contributed by atoms with Crippen LogP contribution >= 0.6 is 15.9 Å². The van der Waals surface area contributed by atoms with Crippen molar-refractivity contribution in [1.29, 1.82) is 0 Å². The van der Waals surface area contributed by atoms with Crippen molar-refractivity contribution in [3.05, 3.63) is 62.1 Å². The minimum atomic E-state index is -0.483. The molecule has 2 rings (SSSR count). The van der Waals surface area contributed by atoms with Gasteiger partial charge in [-0.2, -0.15) is 0 Å². The Bertz CT molecular complexity index is 837. The Kier molecular flexibility index (Phi) is 7.36. The van der Waals surface area contributed by atoms with Crippen molar-refractivity contribution >= 4 is 33.2 Å². The molecule has 0 radical (unpaired) electrons. The molecule has 0 saturated heterocycles. The second kappa shape index (κ2) is 9.50. The second-order valence-corrected chi connectivity index (χ2v) is 7.45. The molecule has 0 bridgehead atoms. The molecule has 27 heavy (non-hydrogen) atoms. The number of anilines is 1. The van der Waals surface area contributed by atoms with Crippen LogP contribution in [-0.4, -0.2) is 17.4 Å². The van der Waals surface area contributed by atoms with E-state index in [9.17, 15) is 14.9 Å². The average molecular weight is 435 g/mol. The van der Waals surface area contributed by atoms with Crippen molar-refractivity contribution in [2.24, 2.45) is 0 Å². The van der Waals surface area contributed by atoms with Crippen molar-refractivity contribution in [2.75, 3.05) is 11.9 Å². The topological polar surface area (TPSA) is 81.5 Å². The van der Waals surface area contributed by atoms with Crippen LogP contribution in [0.4, 0.5) is 11.4 Å².